The molecule has 0 saturated carbocycles. The van der Waals surface area contributed by atoms with E-state index in [1.807, 2.05) is 12.3 Å². The molecule has 0 fully saturated rings. The van der Waals surface area contributed by atoms with Gasteiger partial charge in [0.2, 0.25) is 0 Å². The van der Waals surface area contributed by atoms with Gasteiger partial charge in [-0.2, -0.15) is 0 Å². The van der Waals surface area contributed by atoms with Gasteiger partial charge in [-0.15, -0.1) is 0 Å². The van der Waals surface area contributed by atoms with E-state index in [4.69, 9.17) is 0 Å². The Morgan fingerprint density at radius 2 is 2.08 bits per heavy atom. The van der Waals surface area contributed by atoms with Crippen LogP contribution in [0.5, 0.6) is 0 Å². The van der Waals surface area contributed by atoms with Gasteiger partial charge in [-0.1, -0.05) is 0 Å². The zero-order chi connectivity index (χ0) is 9.26. The molecule has 2 rings (SSSR count). The third-order valence-electron chi connectivity index (χ3n) is 2.33. The minimum Gasteiger partial charge on any atom is -0.348 e. The van der Waals surface area contributed by atoms with Crippen molar-refractivity contribution in [2.45, 2.75) is 6.92 Å². The maximum Gasteiger partial charge on any atom is 0.0495 e. The van der Waals surface area contributed by atoms with Gasteiger partial charge in [-0.25, -0.2) is 0 Å². The molecule has 13 heavy (non-hydrogen) atoms. The molecule has 0 amide bonds. The predicted molar refractivity (Wildman–Crippen MR) is 53.4 cm³/mol. The van der Waals surface area contributed by atoms with Crippen LogP contribution in [0.15, 0.2) is 36.7 Å². The van der Waals surface area contributed by atoms with Crippen LogP contribution < -0.4 is 0 Å². The summed E-state index contributed by atoms with van der Waals surface area (Å²) in [5.41, 5.74) is 3.64. The topological polar surface area (TPSA) is 17.8 Å². The van der Waals surface area contributed by atoms with Gasteiger partial charge in [-0.05, 0) is 31.2 Å². The van der Waals surface area contributed by atoms with Crippen LogP contribution in [0.3, 0.4) is 0 Å². The first kappa shape index (κ1) is 8.05. The Morgan fingerprint density at radius 1 is 1.23 bits per heavy atom. The van der Waals surface area contributed by atoms with Gasteiger partial charge in [0.25, 0.3) is 0 Å². The Balaban J connectivity index is 2.53. The molecule has 0 N–H and O–H groups in total. The smallest absolute Gasteiger partial charge is 0.0495 e. The second kappa shape index (κ2) is 3.05. The summed E-state index contributed by atoms with van der Waals surface area (Å²) in [5.74, 6) is 0. The number of rotatable bonds is 1. The van der Waals surface area contributed by atoms with Crippen LogP contribution >= 0.6 is 0 Å². The van der Waals surface area contributed by atoms with E-state index in [0.717, 1.165) is 5.56 Å². The van der Waals surface area contributed by atoms with Crippen LogP contribution in [0.25, 0.3) is 11.3 Å². The molecule has 0 aliphatic rings. The van der Waals surface area contributed by atoms with Crippen molar-refractivity contribution in [1.29, 1.82) is 0 Å². The quantitative estimate of drug-likeness (QED) is 0.645. The third-order valence-corrected chi connectivity index (χ3v) is 2.33. The van der Waals surface area contributed by atoms with Crippen molar-refractivity contribution in [3.8, 4) is 11.3 Å². The van der Waals surface area contributed by atoms with Crippen molar-refractivity contribution in [3.05, 3.63) is 42.4 Å². The highest BCUT2D eigenvalue weighted by molar-refractivity contribution is 5.59. The van der Waals surface area contributed by atoms with E-state index in [1.165, 1.54) is 11.4 Å². The molecule has 0 atom stereocenters. The first-order valence-corrected chi connectivity index (χ1v) is 4.32. The number of aromatic nitrogens is 2. The van der Waals surface area contributed by atoms with Gasteiger partial charge in [-0.3, -0.25) is 4.98 Å². The summed E-state index contributed by atoms with van der Waals surface area (Å²) in [6.45, 7) is 2.10. The molecule has 0 spiro atoms. The maximum absolute atomic E-state index is 4.10. The Morgan fingerprint density at radius 3 is 2.62 bits per heavy atom. The highest BCUT2D eigenvalue weighted by Gasteiger charge is 2.02. The molecule has 66 valence electrons. The van der Waals surface area contributed by atoms with Gasteiger partial charge in [0.15, 0.2) is 0 Å². The van der Waals surface area contributed by atoms with Gasteiger partial charge < -0.3 is 4.57 Å². The first-order valence-electron chi connectivity index (χ1n) is 4.32. The number of pyridine rings is 1. The van der Waals surface area contributed by atoms with Gasteiger partial charge in [0.1, 0.15) is 0 Å². The molecule has 0 saturated heterocycles. The van der Waals surface area contributed by atoms with Gasteiger partial charge in [0, 0.05) is 36.4 Å². The average molecular weight is 172 g/mol. The van der Waals surface area contributed by atoms with E-state index in [2.05, 4.69) is 41.7 Å². The molecule has 2 aromatic heterocycles. The third kappa shape index (κ3) is 1.35. The van der Waals surface area contributed by atoms with E-state index >= 15 is 0 Å². The first-order chi connectivity index (χ1) is 6.29. The zero-order valence-corrected chi connectivity index (χ0v) is 7.86. The van der Waals surface area contributed by atoms with Crippen LogP contribution in [0, 0.1) is 6.92 Å². The van der Waals surface area contributed by atoms with Crippen molar-refractivity contribution in [2.24, 2.45) is 7.05 Å². The van der Waals surface area contributed by atoms with Crippen molar-refractivity contribution in [2.75, 3.05) is 0 Å². The number of hydrogen-bond acceptors (Lipinski definition) is 1. The Kier molecular flexibility index (Phi) is 1.89. The van der Waals surface area contributed by atoms with E-state index in [-0.39, 0.29) is 0 Å². The van der Waals surface area contributed by atoms with Gasteiger partial charge in [0.05, 0.1) is 0 Å². The molecule has 2 heterocycles. The van der Waals surface area contributed by atoms with Crippen molar-refractivity contribution in [1.82, 2.24) is 9.55 Å². The predicted octanol–water partition coefficient (Wildman–Crippen LogP) is 2.40. The summed E-state index contributed by atoms with van der Waals surface area (Å²) >= 11 is 0. The lowest BCUT2D eigenvalue weighted by atomic mass is 10.2. The molecule has 0 aromatic carbocycles. The molecule has 2 heteroatoms. The number of nitrogens with zero attached hydrogens (tertiary/aromatic N) is 2. The second-order valence-electron chi connectivity index (χ2n) is 3.16. The Bertz CT molecular complexity index is 401. The van der Waals surface area contributed by atoms with E-state index in [9.17, 15) is 0 Å². The maximum atomic E-state index is 4.10. The molecule has 0 unspecified atom stereocenters. The summed E-state index contributed by atoms with van der Waals surface area (Å²) < 4.78 is 2.16. The van der Waals surface area contributed by atoms with Crippen LogP contribution in [0.2, 0.25) is 0 Å². The molecule has 0 aliphatic heterocycles. The summed E-state index contributed by atoms with van der Waals surface area (Å²) in [5, 5.41) is 0. The van der Waals surface area contributed by atoms with E-state index in [1.54, 1.807) is 6.20 Å². The number of hydrogen-bond donors (Lipinski definition) is 0. The van der Waals surface area contributed by atoms with E-state index in [0.29, 0.717) is 0 Å². The van der Waals surface area contributed by atoms with Gasteiger partial charge >= 0.3 is 0 Å². The summed E-state index contributed by atoms with van der Waals surface area (Å²) in [7, 11) is 2.07. The monoisotopic (exact) mass is 172 g/mol. The summed E-state index contributed by atoms with van der Waals surface area (Å²) in [6.07, 6.45) is 3.67. The van der Waals surface area contributed by atoms with Crippen LogP contribution in [0.4, 0.5) is 0 Å². The molecular formula is C11H12N2. The van der Waals surface area contributed by atoms with Crippen LogP contribution in [0.1, 0.15) is 5.69 Å². The molecular weight excluding hydrogens is 160 g/mol. The van der Waals surface area contributed by atoms with Crippen LogP contribution in [-0.2, 0) is 7.05 Å². The average Bonchev–Trinajstić information content (AvgIpc) is 2.49. The second-order valence-corrected chi connectivity index (χ2v) is 3.16. The minimum absolute atomic E-state index is 1.16. The summed E-state index contributed by atoms with van der Waals surface area (Å²) in [4.78, 5) is 4.10. The lowest BCUT2D eigenvalue weighted by Gasteiger charge is -2.03. The minimum atomic E-state index is 1.16. The summed E-state index contributed by atoms with van der Waals surface area (Å²) in [6, 6.07) is 8.26. The fraction of sp³-hybridized carbons (Fsp3) is 0.182. The number of aryl methyl sites for hydroxylation is 1. The zero-order valence-electron chi connectivity index (χ0n) is 7.86. The molecule has 2 aromatic rings. The molecule has 0 radical (unpaired) electrons. The molecule has 2 nitrogen and oxygen atoms in total. The van der Waals surface area contributed by atoms with Crippen molar-refractivity contribution < 1.29 is 0 Å². The Hall–Kier alpha value is -1.57. The Labute approximate surface area is 77.9 Å². The van der Waals surface area contributed by atoms with Crippen molar-refractivity contribution >= 4 is 0 Å². The fourth-order valence-corrected chi connectivity index (χ4v) is 1.42. The molecule has 0 aliphatic carbocycles. The lowest BCUT2D eigenvalue weighted by Crippen LogP contribution is -1.93. The fourth-order valence-electron chi connectivity index (χ4n) is 1.42. The SMILES string of the molecule is Cc1ccc(-c2cccnc2)n1C. The van der Waals surface area contributed by atoms with Crippen LogP contribution in [-0.4, -0.2) is 9.55 Å². The van der Waals surface area contributed by atoms with E-state index < -0.39 is 0 Å². The standard InChI is InChI=1S/C11H12N2/c1-9-5-6-11(13(9)2)10-4-3-7-12-8-10/h3-8H,1-2H3. The molecule has 0 bridgehead atoms. The lowest BCUT2D eigenvalue weighted by molar-refractivity contribution is 0.890. The largest absolute Gasteiger partial charge is 0.348 e. The van der Waals surface area contributed by atoms with Crippen molar-refractivity contribution in [3.63, 3.8) is 0 Å². The highest BCUT2D eigenvalue weighted by Crippen LogP contribution is 2.19. The highest BCUT2D eigenvalue weighted by atomic mass is 14.9. The normalized spacial score (nSPS) is 10.3.